The summed E-state index contributed by atoms with van der Waals surface area (Å²) in [7, 11) is -8.30. The van der Waals surface area contributed by atoms with Gasteiger partial charge in [0, 0.05) is 17.9 Å². The number of hydrogen-bond donors (Lipinski definition) is 2. The highest BCUT2D eigenvalue weighted by Crippen LogP contribution is 2.35. The van der Waals surface area contributed by atoms with Gasteiger partial charge in [-0.1, -0.05) is 17.4 Å². The van der Waals surface area contributed by atoms with Crippen LogP contribution in [0.4, 0.5) is 0 Å². The van der Waals surface area contributed by atoms with Gasteiger partial charge in [-0.15, -0.1) is 0 Å². The van der Waals surface area contributed by atoms with Crippen molar-refractivity contribution >= 4 is 52.6 Å². The molecule has 0 aliphatic heterocycles. The average molecular weight is 445 g/mol. The Morgan fingerprint density at radius 3 is 2.29 bits per heavy atom. The molecule has 0 spiro atoms. The molecule has 0 amide bonds. The van der Waals surface area contributed by atoms with E-state index in [1.54, 1.807) is 23.5 Å². The molecule has 28 heavy (non-hydrogen) atoms. The van der Waals surface area contributed by atoms with E-state index < -0.39 is 20.2 Å². The third-order valence-electron chi connectivity index (χ3n) is 4.38. The number of thiazole rings is 1. The van der Waals surface area contributed by atoms with Crippen LogP contribution in [-0.2, 0) is 32.2 Å². The molecular formula is C18H22NO6S3+. The van der Waals surface area contributed by atoms with Gasteiger partial charge in [-0.3, -0.25) is 9.11 Å². The molecule has 10 heteroatoms. The van der Waals surface area contributed by atoms with Crippen LogP contribution in [0.15, 0.2) is 35.2 Å². The summed E-state index contributed by atoms with van der Waals surface area (Å²) < 4.78 is 66.3. The molecule has 3 rings (SSSR count). The van der Waals surface area contributed by atoms with Crippen molar-refractivity contribution in [1.82, 2.24) is 0 Å². The molecule has 1 heterocycles. The summed E-state index contributed by atoms with van der Waals surface area (Å²) >= 11 is 1.57. The summed E-state index contributed by atoms with van der Waals surface area (Å²) in [5.74, 6) is -0.313. The lowest BCUT2D eigenvalue weighted by atomic mass is 9.97. The molecule has 152 valence electrons. The number of rotatable bonds is 5. The molecule has 0 atom stereocenters. The van der Waals surface area contributed by atoms with Gasteiger partial charge in [-0.2, -0.15) is 21.4 Å². The highest BCUT2D eigenvalue weighted by Gasteiger charge is 2.31. The topological polar surface area (TPSA) is 113 Å². The summed E-state index contributed by atoms with van der Waals surface area (Å²) in [5.41, 5.74) is 0.722. The van der Waals surface area contributed by atoms with E-state index in [9.17, 15) is 21.4 Å². The van der Waals surface area contributed by atoms with Crippen LogP contribution >= 0.6 is 11.3 Å². The molecule has 2 aromatic carbocycles. The quantitative estimate of drug-likeness (QED) is 0.462. The molecule has 0 saturated carbocycles. The van der Waals surface area contributed by atoms with Crippen LogP contribution in [-0.4, -0.2) is 31.7 Å². The molecule has 7 nitrogen and oxygen atoms in total. The molecule has 0 aliphatic carbocycles. The van der Waals surface area contributed by atoms with Gasteiger partial charge in [0.05, 0.1) is 16.1 Å². The zero-order chi connectivity index (χ0) is 20.9. The summed E-state index contributed by atoms with van der Waals surface area (Å²) in [5, 5.41) is 2.59. The van der Waals surface area contributed by atoms with Crippen LogP contribution in [0.1, 0.15) is 32.2 Å². The van der Waals surface area contributed by atoms with Gasteiger partial charge in [0.25, 0.3) is 20.2 Å². The first kappa shape index (κ1) is 21.1. The molecule has 0 saturated heterocycles. The van der Waals surface area contributed by atoms with Crippen molar-refractivity contribution in [3.63, 3.8) is 0 Å². The van der Waals surface area contributed by atoms with Gasteiger partial charge >= 0.3 is 0 Å². The molecule has 0 unspecified atom stereocenters. The summed E-state index contributed by atoms with van der Waals surface area (Å²) in [4.78, 5) is -0.159. The second kappa shape index (κ2) is 7.03. The van der Waals surface area contributed by atoms with E-state index in [0.29, 0.717) is 11.9 Å². The molecule has 0 aliphatic rings. The van der Waals surface area contributed by atoms with Crippen LogP contribution in [0.25, 0.3) is 21.0 Å². The van der Waals surface area contributed by atoms with E-state index in [1.807, 2.05) is 6.07 Å². The third kappa shape index (κ3) is 4.36. The summed E-state index contributed by atoms with van der Waals surface area (Å²) in [6.45, 7) is 6.63. The van der Waals surface area contributed by atoms with E-state index in [1.165, 1.54) is 12.1 Å². The van der Waals surface area contributed by atoms with Crippen LogP contribution in [0.2, 0.25) is 0 Å². The first-order chi connectivity index (χ1) is 12.8. The number of hydrogen-bond acceptors (Lipinski definition) is 5. The first-order valence-corrected chi connectivity index (χ1v) is 12.5. The number of aryl methyl sites for hydroxylation is 1. The van der Waals surface area contributed by atoms with E-state index >= 15 is 0 Å². The van der Waals surface area contributed by atoms with Gasteiger partial charge in [-0.25, -0.2) is 0 Å². The highest BCUT2D eigenvalue weighted by atomic mass is 32.2. The number of benzene rings is 2. The standard InChI is InChI=1S/C18H21NO6S3/c1-18(2,3)17-19(9-4-10-27(20,21)22)15-8-5-12-11-13(28(23,24)25)6-7-14(12)16(15)26-17/h5-8,11H,4,9-10H2,1-3H3,(H-,20,21,22,23,24,25)/p+1. The Bertz CT molecular complexity index is 1270. The maximum atomic E-state index is 11.4. The predicted molar refractivity (Wildman–Crippen MR) is 109 cm³/mol. The van der Waals surface area contributed by atoms with E-state index in [4.69, 9.17) is 4.55 Å². The highest BCUT2D eigenvalue weighted by molar-refractivity contribution is 7.86. The smallest absolute Gasteiger partial charge is 0.286 e. The minimum atomic E-state index is -4.28. The van der Waals surface area contributed by atoms with Crippen LogP contribution in [0.5, 0.6) is 0 Å². The Kier molecular flexibility index (Phi) is 5.30. The van der Waals surface area contributed by atoms with Gasteiger partial charge < -0.3 is 0 Å². The number of fused-ring (bicyclic) bond motifs is 3. The van der Waals surface area contributed by atoms with Crippen LogP contribution in [0, 0.1) is 0 Å². The first-order valence-electron chi connectivity index (χ1n) is 8.60. The normalized spacial score (nSPS) is 13.5. The maximum absolute atomic E-state index is 11.4. The summed E-state index contributed by atoms with van der Waals surface area (Å²) in [6, 6.07) is 8.13. The van der Waals surface area contributed by atoms with Crippen LogP contribution in [0.3, 0.4) is 0 Å². The molecular weight excluding hydrogens is 422 g/mol. The van der Waals surface area contributed by atoms with Crippen molar-refractivity contribution in [2.75, 3.05) is 5.75 Å². The number of nitrogens with zero attached hydrogens (tertiary/aromatic N) is 1. The van der Waals surface area contributed by atoms with Gasteiger partial charge in [-0.05, 0) is 44.4 Å². The Hall–Kier alpha value is -1.59. The SMILES string of the molecule is CC(C)(C)c1sc2c3ccc(S(=O)(=O)O)cc3ccc2[n+]1CCCS(=O)(=O)O. The van der Waals surface area contributed by atoms with E-state index in [2.05, 4.69) is 25.3 Å². The van der Waals surface area contributed by atoms with Crippen molar-refractivity contribution in [1.29, 1.82) is 0 Å². The van der Waals surface area contributed by atoms with E-state index in [0.717, 1.165) is 20.6 Å². The second-order valence-electron chi connectivity index (χ2n) is 7.72. The molecule has 0 radical (unpaired) electrons. The largest absolute Gasteiger partial charge is 0.294 e. The lowest BCUT2D eigenvalue weighted by Gasteiger charge is -2.12. The zero-order valence-electron chi connectivity index (χ0n) is 15.7. The van der Waals surface area contributed by atoms with Crippen molar-refractivity contribution in [3.05, 3.63) is 35.3 Å². The fourth-order valence-electron chi connectivity index (χ4n) is 3.19. The lowest BCUT2D eigenvalue weighted by Crippen LogP contribution is -2.41. The Morgan fingerprint density at radius 2 is 1.71 bits per heavy atom. The minimum absolute atomic E-state index is 0.159. The van der Waals surface area contributed by atoms with Crippen molar-refractivity contribution in [2.45, 2.75) is 44.0 Å². The van der Waals surface area contributed by atoms with Crippen molar-refractivity contribution in [3.8, 4) is 0 Å². The minimum Gasteiger partial charge on any atom is -0.286 e. The third-order valence-corrected chi connectivity index (χ3v) is 7.69. The molecule has 0 bridgehead atoms. The fourth-order valence-corrected chi connectivity index (χ4v) is 5.58. The Labute approximate surface area is 168 Å². The zero-order valence-corrected chi connectivity index (χ0v) is 18.2. The molecule has 1 aromatic heterocycles. The summed E-state index contributed by atoms with van der Waals surface area (Å²) in [6.07, 6.45) is 0.276. The molecule has 0 fully saturated rings. The van der Waals surface area contributed by atoms with Gasteiger partial charge in [0.2, 0.25) is 10.5 Å². The Balaban J connectivity index is 2.19. The van der Waals surface area contributed by atoms with Crippen LogP contribution < -0.4 is 4.57 Å². The Morgan fingerprint density at radius 1 is 1.04 bits per heavy atom. The molecule has 3 aromatic rings. The second-order valence-corrected chi connectivity index (χ2v) is 11.7. The fraction of sp³-hybridized carbons (Fsp3) is 0.389. The number of aromatic nitrogens is 1. The van der Waals surface area contributed by atoms with Gasteiger partial charge in [0.1, 0.15) is 4.70 Å². The monoisotopic (exact) mass is 444 g/mol. The lowest BCUT2D eigenvalue weighted by molar-refractivity contribution is -0.677. The van der Waals surface area contributed by atoms with Crippen molar-refractivity contribution < 1.29 is 30.5 Å². The predicted octanol–water partition coefficient (Wildman–Crippen LogP) is 3.16. The van der Waals surface area contributed by atoms with E-state index in [-0.39, 0.29) is 22.5 Å². The van der Waals surface area contributed by atoms with Crippen molar-refractivity contribution in [2.24, 2.45) is 0 Å². The molecule has 2 N–H and O–H groups in total. The maximum Gasteiger partial charge on any atom is 0.294 e. The van der Waals surface area contributed by atoms with Gasteiger partial charge in [0.15, 0.2) is 6.54 Å². The average Bonchev–Trinajstić information content (AvgIpc) is 2.91.